The predicted octanol–water partition coefficient (Wildman–Crippen LogP) is 2.90. The lowest BCUT2D eigenvalue weighted by Gasteiger charge is -2.18. The minimum Gasteiger partial charge on any atom is -0.359 e. The Hall–Kier alpha value is -1.51. The number of benzene rings is 1. The number of anilines is 1. The van der Waals surface area contributed by atoms with Crippen LogP contribution < -0.4 is 5.32 Å². The van der Waals surface area contributed by atoms with Gasteiger partial charge in [0.25, 0.3) is 0 Å². The van der Waals surface area contributed by atoms with Crippen LogP contribution in [0, 0.1) is 0 Å². The van der Waals surface area contributed by atoms with Crippen LogP contribution in [0.4, 0.5) is 5.95 Å². The molecule has 2 N–H and O–H groups in total. The Morgan fingerprint density at radius 1 is 1.27 bits per heavy atom. The minimum absolute atomic E-state index is 0.180. The lowest BCUT2D eigenvalue weighted by molar-refractivity contribution is 0.591. The van der Waals surface area contributed by atoms with Gasteiger partial charge in [-0.15, -0.1) is 0 Å². The largest absolute Gasteiger partial charge is 0.359 e. The second kappa shape index (κ2) is 3.26. The van der Waals surface area contributed by atoms with Crippen LogP contribution in [0.1, 0.15) is 26.3 Å². The maximum atomic E-state index is 4.39. The van der Waals surface area contributed by atoms with E-state index in [1.165, 1.54) is 5.56 Å². The molecule has 0 saturated heterocycles. The number of nitrogens with zero attached hydrogens (tertiary/aromatic N) is 1. The Morgan fingerprint density at radius 2 is 2.00 bits per heavy atom. The molecular weight excluding hydrogens is 186 g/mol. The van der Waals surface area contributed by atoms with Crippen molar-refractivity contribution in [1.82, 2.24) is 9.97 Å². The van der Waals surface area contributed by atoms with Gasteiger partial charge in [0.1, 0.15) is 0 Å². The predicted molar refractivity (Wildman–Crippen MR) is 64.3 cm³/mol. The Bertz CT molecular complexity index is 477. The van der Waals surface area contributed by atoms with Gasteiger partial charge in [-0.2, -0.15) is 0 Å². The minimum atomic E-state index is 0.180. The highest BCUT2D eigenvalue weighted by atomic mass is 15.1. The SMILES string of the molecule is CNc1nc2ccc(C(C)(C)C)cc2[nH]1. The number of hydrogen-bond donors (Lipinski definition) is 2. The van der Waals surface area contributed by atoms with Crippen LogP contribution in [0.15, 0.2) is 18.2 Å². The van der Waals surface area contributed by atoms with Gasteiger partial charge in [0, 0.05) is 7.05 Å². The van der Waals surface area contributed by atoms with E-state index in [1.807, 2.05) is 7.05 Å². The highest BCUT2D eigenvalue weighted by Crippen LogP contribution is 2.25. The summed E-state index contributed by atoms with van der Waals surface area (Å²) in [6, 6.07) is 6.37. The number of imidazole rings is 1. The molecule has 0 bridgehead atoms. The fourth-order valence-corrected chi connectivity index (χ4v) is 1.59. The molecule has 0 aliphatic heterocycles. The van der Waals surface area contributed by atoms with Crippen molar-refractivity contribution in [1.29, 1.82) is 0 Å². The standard InChI is InChI=1S/C12H17N3/c1-12(2,3)8-5-6-9-10(7-8)15-11(13-4)14-9/h5-7H,1-4H3,(H2,13,14,15). The van der Waals surface area contributed by atoms with E-state index in [2.05, 4.69) is 54.3 Å². The molecule has 15 heavy (non-hydrogen) atoms. The Balaban J connectivity index is 2.55. The molecule has 0 radical (unpaired) electrons. The van der Waals surface area contributed by atoms with Crippen molar-refractivity contribution in [2.24, 2.45) is 0 Å². The molecule has 0 saturated carbocycles. The molecule has 0 aliphatic carbocycles. The second-order valence-electron chi connectivity index (χ2n) is 4.82. The van der Waals surface area contributed by atoms with E-state index >= 15 is 0 Å². The van der Waals surface area contributed by atoms with Gasteiger partial charge in [0.15, 0.2) is 0 Å². The van der Waals surface area contributed by atoms with Crippen LogP contribution in [-0.4, -0.2) is 17.0 Å². The fourth-order valence-electron chi connectivity index (χ4n) is 1.59. The summed E-state index contributed by atoms with van der Waals surface area (Å²) in [5.41, 5.74) is 3.60. The quantitative estimate of drug-likeness (QED) is 0.748. The van der Waals surface area contributed by atoms with E-state index in [0.717, 1.165) is 17.0 Å². The second-order valence-corrected chi connectivity index (χ2v) is 4.82. The first-order chi connectivity index (χ1) is 7.00. The summed E-state index contributed by atoms with van der Waals surface area (Å²) in [6.45, 7) is 6.64. The van der Waals surface area contributed by atoms with Gasteiger partial charge in [-0.1, -0.05) is 26.8 Å². The first kappa shape index (κ1) is 10.0. The maximum absolute atomic E-state index is 4.39. The van der Waals surface area contributed by atoms with Crippen LogP contribution in [-0.2, 0) is 5.41 Å². The van der Waals surface area contributed by atoms with Gasteiger partial charge >= 0.3 is 0 Å². The van der Waals surface area contributed by atoms with Crippen molar-refractivity contribution in [3.63, 3.8) is 0 Å². The molecule has 1 aromatic carbocycles. The zero-order valence-corrected chi connectivity index (χ0v) is 9.68. The number of aromatic nitrogens is 2. The molecule has 0 spiro atoms. The molecule has 3 heteroatoms. The third-order valence-corrected chi connectivity index (χ3v) is 2.58. The van der Waals surface area contributed by atoms with Crippen molar-refractivity contribution in [2.45, 2.75) is 26.2 Å². The van der Waals surface area contributed by atoms with E-state index in [0.29, 0.717) is 0 Å². The summed E-state index contributed by atoms with van der Waals surface area (Å²) in [4.78, 5) is 7.62. The summed E-state index contributed by atoms with van der Waals surface area (Å²) in [7, 11) is 1.86. The maximum Gasteiger partial charge on any atom is 0.200 e. The normalized spacial score (nSPS) is 12.0. The van der Waals surface area contributed by atoms with Crippen molar-refractivity contribution in [3.8, 4) is 0 Å². The molecule has 0 fully saturated rings. The number of hydrogen-bond acceptors (Lipinski definition) is 2. The van der Waals surface area contributed by atoms with Gasteiger partial charge in [-0.25, -0.2) is 4.98 Å². The van der Waals surface area contributed by atoms with Crippen LogP contribution in [0.25, 0.3) is 11.0 Å². The van der Waals surface area contributed by atoms with E-state index in [4.69, 9.17) is 0 Å². The van der Waals surface area contributed by atoms with Crippen molar-refractivity contribution in [3.05, 3.63) is 23.8 Å². The fraction of sp³-hybridized carbons (Fsp3) is 0.417. The number of H-pyrrole nitrogens is 1. The van der Waals surface area contributed by atoms with E-state index in [-0.39, 0.29) is 5.41 Å². The zero-order chi connectivity index (χ0) is 11.1. The summed E-state index contributed by atoms with van der Waals surface area (Å²) in [5, 5.41) is 3.01. The molecule has 2 rings (SSSR count). The molecule has 0 aliphatic rings. The number of aromatic amines is 1. The average molecular weight is 203 g/mol. The van der Waals surface area contributed by atoms with Gasteiger partial charge < -0.3 is 10.3 Å². The van der Waals surface area contributed by atoms with Crippen LogP contribution in [0.2, 0.25) is 0 Å². The molecule has 0 atom stereocenters. The number of nitrogens with one attached hydrogen (secondary N) is 2. The third-order valence-electron chi connectivity index (χ3n) is 2.58. The van der Waals surface area contributed by atoms with Gasteiger partial charge in [-0.3, -0.25) is 0 Å². The Labute approximate surface area is 89.9 Å². The third kappa shape index (κ3) is 1.82. The van der Waals surface area contributed by atoms with Crippen LogP contribution in [0.3, 0.4) is 0 Å². The lowest BCUT2D eigenvalue weighted by atomic mass is 9.87. The number of fused-ring (bicyclic) bond motifs is 1. The van der Waals surface area contributed by atoms with Crippen molar-refractivity contribution in [2.75, 3.05) is 12.4 Å². The molecular formula is C12H17N3. The van der Waals surface area contributed by atoms with E-state index < -0.39 is 0 Å². The molecule has 0 unspecified atom stereocenters. The van der Waals surface area contributed by atoms with Crippen molar-refractivity contribution < 1.29 is 0 Å². The summed E-state index contributed by atoms with van der Waals surface area (Å²) in [6.07, 6.45) is 0. The zero-order valence-electron chi connectivity index (χ0n) is 9.68. The molecule has 1 aromatic heterocycles. The van der Waals surface area contributed by atoms with E-state index in [1.54, 1.807) is 0 Å². The first-order valence-corrected chi connectivity index (χ1v) is 5.19. The Morgan fingerprint density at radius 3 is 2.60 bits per heavy atom. The number of rotatable bonds is 1. The summed E-state index contributed by atoms with van der Waals surface area (Å²) >= 11 is 0. The molecule has 2 aromatic rings. The van der Waals surface area contributed by atoms with Gasteiger partial charge in [-0.05, 0) is 23.1 Å². The molecule has 0 amide bonds. The topological polar surface area (TPSA) is 40.7 Å². The van der Waals surface area contributed by atoms with Crippen LogP contribution >= 0.6 is 0 Å². The lowest BCUT2D eigenvalue weighted by Crippen LogP contribution is -2.10. The molecule has 1 heterocycles. The monoisotopic (exact) mass is 203 g/mol. The first-order valence-electron chi connectivity index (χ1n) is 5.19. The molecule has 3 nitrogen and oxygen atoms in total. The summed E-state index contributed by atoms with van der Waals surface area (Å²) in [5.74, 6) is 0.816. The van der Waals surface area contributed by atoms with Crippen LogP contribution in [0.5, 0.6) is 0 Å². The molecule has 80 valence electrons. The van der Waals surface area contributed by atoms with Crippen molar-refractivity contribution >= 4 is 17.0 Å². The highest BCUT2D eigenvalue weighted by molar-refractivity contribution is 5.78. The highest BCUT2D eigenvalue weighted by Gasteiger charge is 2.14. The van der Waals surface area contributed by atoms with Gasteiger partial charge in [0.2, 0.25) is 5.95 Å². The van der Waals surface area contributed by atoms with E-state index in [9.17, 15) is 0 Å². The smallest absolute Gasteiger partial charge is 0.200 e. The Kier molecular flexibility index (Phi) is 2.18. The summed E-state index contributed by atoms with van der Waals surface area (Å²) < 4.78 is 0. The average Bonchev–Trinajstić information content (AvgIpc) is 2.57. The van der Waals surface area contributed by atoms with Gasteiger partial charge in [0.05, 0.1) is 11.0 Å².